The Labute approximate surface area is 110 Å². The maximum absolute atomic E-state index is 3.40. The van der Waals surface area contributed by atoms with E-state index in [9.17, 15) is 0 Å². The number of likely N-dealkylation sites (tertiary alicyclic amines) is 1. The lowest BCUT2D eigenvalue weighted by atomic mass is 10.0. The summed E-state index contributed by atoms with van der Waals surface area (Å²) >= 11 is 0. The molecule has 0 spiro atoms. The van der Waals surface area contributed by atoms with Crippen molar-refractivity contribution < 1.29 is 0 Å². The van der Waals surface area contributed by atoms with Crippen molar-refractivity contribution in [2.75, 3.05) is 20.1 Å². The summed E-state index contributed by atoms with van der Waals surface area (Å²) < 4.78 is 0. The second-order valence-electron chi connectivity index (χ2n) is 5.80. The van der Waals surface area contributed by atoms with E-state index in [0.29, 0.717) is 0 Å². The Kier molecular flexibility index (Phi) is 3.67. The van der Waals surface area contributed by atoms with Crippen LogP contribution < -0.4 is 5.32 Å². The number of benzene rings is 1. The van der Waals surface area contributed by atoms with Crippen molar-refractivity contribution in [2.24, 2.45) is 0 Å². The molecule has 1 aromatic rings. The molecule has 18 heavy (non-hydrogen) atoms. The van der Waals surface area contributed by atoms with Crippen molar-refractivity contribution >= 4 is 0 Å². The molecule has 2 aliphatic rings. The lowest BCUT2D eigenvalue weighted by molar-refractivity contribution is 0.194. The van der Waals surface area contributed by atoms with E-state index >= 15 is 0 Å². The van der Waals surface area contributed by atoms with Gasteiger partial charge < -0.3 is 5.32 Å². The van der Waals surface area contributed by atoms with E-state index in [1.165, 1.54) is 50.8 Å². The first-order valence-electron chi connectivity index (χ1n) is 7.35. The quantitative estimate of drug-likeness (QED) is 0.878. The van der Waals surface area contributed by atoms with E-state index in [2.05, 4.69) is 35.5 Å². The second kappa shape index (κ2) is 5.41. The number of aryl methyl sites for hydroxylation is 2. The fraction of sp³-hybridized carbons (Fsp3) is 0.625. The molecule has 0 radical (unpaired) electrons. The van der Waals surface area contributed by atoms with Gasteiger partial charge in [0.1, 0.15) is 0 Å². The molecule has 1 aliphatic carbocycles. The molecule has 2 heteroatoms. The van der Waals surface area contributed by atoms with Crippen LogP contribution in [0.25, 0.3) is 0 Å². The first kappa shape index (κ1) is 12.2. The van der Waals surface area contributed by atoms with Gasteiger partial charge in [-0.2, -0.15) is 0 Å². The number of hydrogen-bond acceptors (Lipinski definition) is 2. The maximum atomic E-state index is 3.40. The standard InChI is InChI=1S/C16H24N2/c1-17-16-7-9-18(10-8-16)12-13-5-6-14-3-2-4-15(14)11-13/h5-6,11,16-17H,2-4,7-10,12H2,1H3. The van der Waals surface area contributed by atoms with Crippen LogP contribution in [-0.2, 0) is 19.4 Å². The Morgan fingerprint density at radius 3 is 2.72 bits per heavy atom. The molecule has 1 saturated heterocycles. The first-order chi connectivity index (χ1) is 8.85. The van der Waals surface area contributed by atoms with E-state index in [1.54, 1.807) is 11.1 Å². The van der Waals surface area contributed by atoms with Crippen LogP contribution in [0.2, 0.25) is 0 Å². The average Bonchev–Trinajstić information content (AvgIpc) is 2.87. The third kappa shape index (κ3) is 2.60. The minimum atomic E-state index is 0.737. The molecule has 0 amide bonds. The van der Waals surface area contributed by atoms with Crippen LogP contribution in [0.4, 0.5) is 0 Å². The summed E-state index contributed by atoms with van der Waals surface area (Å²) in [6, 6.07) is 7.89. The molecule has 2 nitrogen and oxygen atoms in total. The highest BCUT2D eigenvalue weighted by Crippen LogP contribution is 2.24. The van der Waals surface area contributed by atoms with E-state index in [1.807, 2.05) is 0 Å². The Hall–Kier alpha value is -0.860. The summed E-state index contributed by atoms with van der Waals surface area (Å²) in [4.78, 5) is 2.60. The normalized spacial score (nSPS) is 21.2. The maximum Gasteiger partial charge on any atom is 0.0233 e. The zero-order valence-corrected chi connectivity index (χ0v) is 11.4. The van der Waals surface area contributed by atoms with Crippen LogP contribution in [0.3, 0.4) is 0 Å². The van der Waals surface area contributed by atoms with Crippen molar-refractivity contribution in [1.29, 1.82) is 0 Å². The number of nitrogens with zero attached hydrogens (tertiary/aromatic N) is 1. The van der Waals surface area contributed by atoms with Crippen LogP contribution in [0.1, 0.15) is 36.0 Å². The van der Waals surface area contributed by atoms with Gasteiger partial charge in [-0.15, -0.1) is 0 Å². The molecule has 1 aromatic carbocycles. The van der Waals surface area contributed by atoms with Gasteiger partial charge in [-0.1, -0.05) is 18.2 Å². The molecule has 98 valence electrons. The van der Waals surface area contributed by atoms with Gasteiger partial charge in [0.05, 0.1) is 0 Å². The van der Waals surface area contributed by atoms with Gasteiger partial charge in [0.15, 0.2) is 0 Å². The molecular weight excluding hydrogens is 220 g/mol. The summed E-state index contributed by atoms with van der Waals surface area (Å²) in [5.74, 6) is 0. The van der Waals surface area contributed by atoms with Gasteiger partial charge in [0.2, 0.25) is 0 Å². The van der Waals surface area contributed by atoms with Crippen molar-refractivity contribution in [1.82, 2.24) is 10.2 Å². The fourth-order valence-electron chi connectivity index (χ4n) is 3.36. The van der Waals surface area contributed by atoms with Gasteiger partial charge in [0.25, 0.3) is 0 Å². The minimum absolute atomic E-state index is 0.737. The van der Waals surface area contributed by atoms with Crippen LogP contribution in [0, 0.1) is 0 Å². The van der Waals surface area contributed by atoms with Crippen LogP contribution >= 0.6 is 0 Å². The van der Waals surface area contributed by atoms with Gasteiger partial charge in [-0.25, -0.2) is 0 Å². The van der Waals surface area contributed by atoms with Crippen LogP contribution in [-0.4, -0.2) is 31.1 Å². The van der Waals surface area contributed by atoms with E-state index in [0.717, 1.165) is 12.6 Å². The zero-order valence-electron chi connectivity index (χ0n) is 11.4. The van der Waals surface area contributed by atoms with E-state index < -0.39 is 0 Å². The number of hydrogen-bond donors (Lipinski definition) is 1. The summed E-state index contributed by atoms with van der Waals surface area (Å²) in [5.41, 5.74) is 4.71. The lowest BCUT2D eigenvalue weighted by Crippen LogP contribution is -2.40. The topological polar surface area (TPSA) is 15.3 Å². The largest absolute Gasteiger partial charge is 0.317 e. The molecule has 1 N–H and O–H groups in total. The molecule has 3 rings (SSSR count). The molecule has 0 saturated carbocycles. The number of nitrogens with one attached hydrogen (secondary N) is 1. The SMILES string of the molecule is CNC1CCN(Cc2ccc3c(c2)CCC3)CC1. The smallest absolute Gasteiger partial charge is 0.0233 e. The third-order valence-corrected chi connectivity index (χ3v) is 4.56. The number of rotatable bonds is 3. The minimum Gasteiger partial charge on any atom is -0.317 e. The highest BCUT2D eigenvalue weighted by atomic mass is 15.1. The van der Waals surface area contributed by atoms with E-state index in [4.69, 9.17) is 0 Å². The molecule has 1 fully saturated rings. The summed E-state index contributed by atoms with van der Waals surface area (Å²) in [6.07, 6.45) is 6.53. The summed E-state index contributed by atoms with van der Waals surface area (Å²) in [7, 11) is 2.08. The van der Waals surface area contributed by atoms with Gasteiger partial charge >= 0.3 is 0 Å². The Balaban J connectivity index is 1.60. The highest BCUT2D eigenvalue weighted by Gasteiger charge is 2.18. The van der Waals surface area contributed by atoms with Crippen molar-refractivity contribution in [3.05, 3.63) is 34.9 Å². The number of fused-ring (bicyclic) bond motifs is 1. The first-order valence-corrected chi connectivity index (χ1v) is 7.35. The molecule has 0 atom stereocenters. The van der Waals surface area contributed by atoms with Gasteiger partial charge in [-0.3, -0.25) is 4.90 Å². The predicted molar refractivity (Wildman–Crippen MR) is 75.8 cm³/mol. The lowest BCUT2D eigenvalue weighted by Gasteiger charge is -2.31. The second-order valence-corrected chi connectivity index (χ2v) is 5.80. The Morgan fingerprint density at radius 1 is 1.17 bits per heavy atom. The van der Waals surface area contributed by atoms with Crippen LogP contribution in [0.5, 0.6) is 0 Å². The molecule has 1 heterocycles. The van der Waals surface area contributed by atoms with Crippen LogP contribution in [0.15, 0.2) is 18.2 Å². The van der Waals surface area contributed by atoms with E-state index in [-0.39, 0.29) is 0 Å². The molecule has 0 aromatic heterocycles. The molecule has 1 aliphatic heterocycles. The van der Waals surface area contributed by atoms with Gasteiger partial charge in [0, 0.05) is 12.6 Å². The third-order valence-electron chi connectivity index (χ3n) is 4.56. The molecule has 0 unspecified atom stereocenters. The fourth-order valence-corrected chi connectivity index (χ4v) is 3.36. The summed E-state index contributed by atoms with van der Waals surface area (Å²) in [5, 5.41) is 3.40. The average molecular weight is 244 g/mol. The van der Waals surface area contributed by atoms with Crippen molar-refractivity contribution in [2.45, 2.75) is 44.7 Å². The van der Waals surface area contributed by atoms with Crippen molar-refractivity contribution in [3.63, 3.8) is 0 Å². The Bertz CT molecular complexity index is 406. The number of piperidine rings is 1. The molecular formula is C16H24N2. The Morgan fingerprint density at radius 2 is 1.94 bits per heavy atom. The molecule has 0 bridgehead atoms. The van der Waals surface area contributed by atoms with Gasteiger partial charge in [-0.05, 0) is 68.9 Å². The zero-order chi connectivity index (χ0) is 12.4. The highest BCUT2D eigenvalue weighted by molar-refractivity contribution is 5.35. The summed E-state index contributed by atoms with van der Waals surface area (Å²) in [6.45, 7) is 3.62. The predicted octanol–water partition coefficient (Wildman–Crippen LogP) is 2.36. The van der Waals surface area contributed by atoms with Crippen molar-refractivity contribution in [3.8, 4) is 0 Å². The monoisotopic (exact) mass is 244 g/mol.